The number of hydrogen-bond donors (Lipinski definition) is 1. The van der Waals surface area contributed by atoms with Crippen LogP contribution in [0.25, 0.3) is 0 Å². The number of aromatic nitrogens is 1. The van der Waals surface area contributed by atoms with E-state index in [1.165, 1.54) is 43.5 Å². The molecule has 3 nitrogen and oxygen atoms in total. The van der Waals surface area contributed by atoms with Gasteiger partial charge in [0.05, 0.1) is 11.7 Å². The fraction of sp³-hybridized carbons (Fsp3) is 0.688. The maximum absolute atomic E-state index is 6.03. The second-order valence-corrected chi connectivity index (χ2v) is 5.73. The fourth-order valence-corrected chi connectivity index (χ4v) is 3.18. The van der Waals surface area contributed by atoms with E-state index < -0.39 is 0 Å². The minimum Gasteiger partial charge on any atom is -0.330 e. The molecule has 1 aliphatic heterocycles. The summed E-state index contributed by atoms with van der Waals surface area (Å²) in [5.74, 6) is 0.546. The third-order valence-electron chi connectivity index (χ3n) is 4.16. The number of likely N-dealkylation sites (tertiary alicyclic amines) is 1. The van der Waals surface area contributed by atoms with E-state index in [2.05, 4.69) is 35.9 Å². The van der Waals surface area contributed by atoms with Gasteiger partial charge in [0.25, 0.3) is 0 Å². The van der Waals surface area contributed by atoms with Crippen molar-refractivity contribution in [3.05, 3.63) is 29.6 Å². The molecule has 0 amide bonds. The van der Waals surface area contributed by atoms with Crippen molar-refractivity contribution in [1.29, 1.82) is 0 Å². The van der Waals surface area contributed by atoms with Crippen molar-refractivity contribution >= 4 is 0 Å². The quantitative estimate of drug-likeness (QED) is 0.906. The second-order valence-electron chi connectivity index (χ2n) is 5.73. The maximum Gasteiger partial charge on any atom is 0.0578 e. The molecule has 1 saturated heterocycles. The summed E-state index contributed by atoms with van der Waals surface area (Å²) >= 11 is 0. The largest absolute Gasteiger partial charge is 0.330 e. The Hall–Kier alpha value is -0.930. The lowest BCUT2D eigenvalue weighted by molar-refractivity contribution is 0.154. The fourth-order valence-electron chi connectivity index (χ4n) is 3.18. The van der Waals surface area contributed by atoms with Crippen molar-refractivity contribution < 1.29 is 0 Å². The molecule has 0 spiro atoms. The first-order valence-corrected chi connectivity index (χ1v) is 7.63. The molecule has 1 aliphatic rings. The lowest BCUT2D eigenvalue weighted by Gasteiger charge is -2.34. The third-order valence-corrected chi connectivity index (χ3v) is 4.16. The zero-order chi connectivity index (χ0) is 13.7. The van der Waals surface area contributed by atoms with Crippen LogP contribution < -0.4 is 5.73 Å². The van der Waals surface area contributed by atoms with Crippen LogP contribution in [0.1, 0.15) is 49.9 Å². The minimum absolute atomic E-state index is 0.410. The molecular formula is C16H27N3. The summed E-state index contributed by atoms with van der Waals surface area (Å²) < 4.78 is 0. The van der Waals surface area contributed by atoms with E-state index in [9.17, 15) is 0 Å². The van der Waals surface area contributed by atoms with Crippen molar-refractivity contribution in [3.8, 4) is 0 Å². The van der Waals surface area contributed by atoms with Gasteiger partial charge in [0.15, 0.2) is 0 Å². The van der Waals surface area contributed by atoms with Gasteiger partial charge in [0.1, 0.15) is 0 Å². The number of nitrogens with zero attached hydrogens (tertiary/aromatic N) is 2. The van der Waals surface area contributed by atoms with E-state index in [0.29, 0.717) is 12.0 Å². The number of nitrogens with two attached hydrogens (primary N) is 1. The minimum atomic E-state index is 0.410. The molecule has 19 heavy (non-hydrogen) atoms. The Morgan fingerprint density at radius 2 is 2.21 bits per heavy atom. The van der Waals surface area contributed by atoms with Gasteiger partial charge < -0.3 is 5.73 Å². The smallest absolute Gasteiger partial charge is 0.0578 e. The van der Waals surface area contributed by atoms with Crippen LogP contribution in [0.4, 0.5) is 0 Å². The van der Waals surface area contributed by atoms with Gasteiger partial charge >= 0.3 is 0 Å². The summed E-state index contributed by atoms with van der Waals surface area (Å²) in [6, 6.07) is 4.77. The van der Waals surface area contributed by atoms with Gasteiger partial charge in [0, 0.05) is 6.20 Å². The highest BCUT2D eigenvalue weighted by molar-refractivity contribution is 5.16. The molecule has 2 N–H and O–H groups in total. The molecule has 2 unspecified atom stereocenters. The van der Waals surface area contributed by atoms with Crippen molar-refractivity contribution in [2.45, 2.75) is 45.6 Å². The molecule has 2 atom stereocenters. The van der Waals surface area contributed by atoms with Crippen molar-refractivity contribution in [3.63, 3.8) is 0 Å². The summed E-state index contributed by atoms with van der Waals surface area (Å²) in [5.41, 5.74) is 8.46. The molecule has 1 aromatic rings. The number of aryl methyl sites for hydroxylation is 1. The highest BCUT2D eigenvalue weighted by Crippen LogP contribution is 2.33. The summed E-state index contributed by atoms with van der Waals surface area (Å²) in [5, 5.41) is 0. The van der Waals surface area contributed by atoms with Crippen molar-refractivity contribution in [2.75, 3.05) is 19.6 Å². The van der Waals surface area contributed by atoms with Gasteiger partial charge in [0.2, 0.25) is 0 Å². The molecule has 3 heteroatoms. The van der Waals surface area contributed by atoms with E-state index in [1.54, 1.807) is 0 Å². The van der Waals surface area contributed by atoms with Gasteiger partial charge in [-0.3, -0.25) is 9.88 Å². The van der Waals surface area contributed by atoms with E-state index in [-0.39, 0.29) is 0 Å². The molecule has 2 rings (SSSR count). The lowest BCUT2D eigenvalue weighted by atomic mass is 9.91. The van der Waals surface area contributed by atoms with Crippen LogP contribution in [0.5, 0.6) is 0 Å². The topological polar surface area (TPSA) is 42.1 Å². The van der Waals surface area contributed by atoms with E-state index in [0.717, 1.165) is 13.1 Å². The Labute approximate surface area is 117 Å². The van der Waals surface area contributed by atoms with Crippen LogP contribution in [0.2, 0.25) is 0 Å². The lowest BCUT2D eigenvalue weighted by Crippen LogP contribution is -2.36. The van der Waals surface area contributed by atoms with Crippen LogP contribution in [0.15, 0.2) is 18.3 Å². The molecule has 0 aromatic carbocycles. The first-order valence-electron chi connectivity index (χ1n) is 7.63. The van der Waals surface area contributed by atoms with Gasteiger partial charge in [-0.1, -0.05) is 19.4 Å². The monoisotopic (exact) mass is 261 g/mol. The first-order chi connectivity index (χ1) is 9.26. The Morgan fingerprint density at radius 3 is 2.84 bits per heavy atom. The molecule has 1 fully saturated rings. The molecular weight excluding hydrogens is 234 g/mol. The number of rotatable bonds is 4. The normalized spacial score (nSPS) is 25.2. The zero-order valence-corrected chi connectivity index (χ0v) is 12.3. The predicted molar refractivity (Wildman–Crippen MR) is 80.0 cm³/mol. The van der Waals surface area contributed by atoms with Crippen molar-refractivity contribution in [2.24, 2.45) is 11.7 Å². The van der Waals surface area contributed by atoms with Gasteiger partial charge in [-0.05, 0) is 63.4 Å². The molecule has 2 heterocycles. The summed E-state index contributed by atoms with van der Waals surface area (Å²) in [4.78, 5) is 7.28. The maximum atomic E-state index is 6.03. The van der Waals surface area contributed by atoms with Crippen LogP contribution in [0.3, 0.4) is 0 Å². The average molecular weight is 261 g/mol. The van der Waals surface area contributed by atoms with Gasteiger partial charge in [-0.15, -0.1) is 0 Å². The van der Waals surface area contributed by atoms with Crippen molar-refractivity contribution in [1.82, 2.24) is 9.88 Å². The van der Waals surface area contributed by atoms with E-state index in [4.69, 9.17) is 5.73 Å². The summed E-state index contributed by atoms with van der Waals surface area (Å²) in [6.07, 6.45) is 7.00. The molecule has 0 radical (unpaired) electrons. The Balaban J connectivity index is 2.28. The van der Waals surface area contributed by atoms with Crippen LogP contribution in [-0.2, 0) is 0 Å². The third kappa shape index (κ3) is 3.54. The average Bonchev–Trinajstić information content (AvgIpc) is 2.62. The number of pyridine rings is 1. The van der Waals surface area contributed by atoms with Gasteiger partial charge in [-0.25, -0.2) is 0 Å². The van der Waals surface area contributed by atoms with Crippen LogP contribution in [0, 0.1) is 12.8 Å². The second kappa shape index (κ2) is 7.01. The van der Waals surface area contributed by atoms with Crippen LogP contribution >= 0.6 is 0 Å². The molecule has 106 valence electrons. The summed E-state index contributed by atoms with van der Waals surface area (Å²) in [7, 11) is 0. The Bertz CT molecular complexity index is 374. The highest BCUT2D eigenvalue weighted by atomic mass is 15.2. The first kappa shape index (κ1) is 14.5. The summed E-state index contributed by atoms with van der Waals surface area (Å²) in [6.45, 7) is 7.44. The van der Waals surface area contributed by atoms with Crippen LogP contribution in [-0.4, -0.2) is 29.5 Å². The van der Waals surface area contributed by atoms with E-state index >= 15 is 0 Å². The molecule has 0 aliphatic carbocycles. The Morgan fingerprint density at radius 1 is 1.37 bits per heavy atom. The Kier molecular flexibility index (Phi) is 5.34. The van der Waals surface area contributed by atoms with Gasteiger partial charge in [-0.2, -0.15) is 0 Å². The van der Waals surface area contributed by atoms with E-state index in [1.807, 2.05) is 6.20 Å². The highest BCUT2D eigenvalue weighted by Gasteiger charge is 2.30. The molecule has 1 aromatic heterocycles. The zero-order valence-electron chi connectivity index (χ0n) is 12.3. The predicted octanol–water partition coefficient (Wildman–Crippen LogP) is 2.90. The molecule has 0 saturated carbocycles. The number of hydrogen-bond acceptors (Lipinski definition) is 3. The SMILES string of the molecule is CCCN1CCCCC(CN)C1c1ccc(C)cn1. The standard InChI is InChI=1S/C16H27N3/c1-3-9-19-10-5-4-6-14(11-17)16(19)15-8-7-13(2)12-18-15/h7-8,12,14,16H,3-6,9-11,17H2,1-2H3. The molecule has 0 bridgehead atoms.